The van der Waals surface area contributed by atoms with Crippen molar-refractivity contribution >= 4 is 44.8 Å². The third kappa shape index (κ3) is 5.01. The van der Waals surface area contributed by atoms with E-state index in [4.69, 9.17) is 16.3 Å². The number of sulfonamides is 1. The van der Waals surface area contributed by atoms with Gasteiger partial charge in [-0.25, -0.2) is 8.42 Å². The lowest BCUT2D eigenvalue weighted by Crippen LogP contribution is -2.43. The van der Waals surface area contributed by atoms with Crippen molar-refractivity contribution in [1.82, 2.24) is 9.21 Å². The topological polar surface area (TPSA) is 84.0 Å². The first-order valence-corrected chi connectivity index (χ1v) is 13.3. The van der Waals surface area contributed by atoms with Gasteiger partial charge in [-0.3, -0.25) is 9.59 Å². The van der Waals surface area contributed by atoms with Crippen LogP contribution in [-0.4, -0.2) is 55.7 Å². The van der Waals surface area contributed by atoms with E-state index in [0.717, 1.165) is 17.7 Å². The van der Waals surface area contributed by atoms with Crippen molar-refractivity contribution in [2.24, 2.45) is 5.92 Å². The van der Waals surface area contributed by atoms with Crippen LogP contribution in [0.2, 0.25) is 5.02 Å². The number of piperidine rings is 1. The molecule has 0 radical (unpaired) electrons. The maximum atomic E-state index is 12.9. The zero-order valence-corrected chi connectivity index (χ0v) is 19.9. The normalized spacial score (nSPS) is 22.1. The van der Waals surface area contributed by atoms with Crippen LogP contribution in [0, 0.1) is 5.92 Å². The zero-order valence-electron chi connectivity index (χ0n) is 17.5. The van der Waals surface area contributed by atoms with E-state index in [1.165, 1.54) is 28.6 Å². The summed E-state index contributed by atoms with van der Waals surface area (Å²) in [5.41, 5.74) is 0. The van der Waals surface area contributed by atoms with E-state index in [2.05, 4.69) is 0 Å². The molecule has 4 rings (SSSR count). The molecule has 3 heterocycles. The van der Waals surface area contributed by atoms with E-state index in [-0.39, 0.29) is 30.0 Å². The average molecular weight is 497 g/mol. The van der Waals surface area contributed by atoms with Gasteiger partial charge in [-0.15, -0.1) is 11.3 Å². The molecule has 172 valence electrons. The number of amides is 1. The molecule has 0 bridgehead atoms. The number of esters is 1. The van der Waals surface area contributed by atoms with Crippen molar-refractivity contribution in [2.75, 3.05) is 26.2 Å². The van der Waals surface area contributed by atoms with Crippen molar-refractivity contribution in [3.63, 3.8) is 0 Å². The summed E-state index contributed by atoms with van der Waals surface area (Å²) in [7, 11) is -3.73. The Kier molecular flexibility index (Phi) is 7.19. The number of rotatable bonds is 6. The number of carbonyl (C=O) groups is 2. The summed E-state index contributed by atoms with van der Waals surface area (Å²) in [4.78, 5) is 28.4. The third-order valence-corrected chi connectivity index (χ3v) is 9.06. The standard InChI is InChI=1S/C22H25ClN2O5S2/c23-17-7-9-18(10-8-17)32(28,29)24-11-1-4-16(14-24)22(27)30-15-21(26)25-12-2-5-19(25)20-6-3-13-31-20/h3,6-10,13,16,19H,1-2,4-5,11-12,14-15H2. The summed E-state index contributed by atoms with van der Waals surface area (Å²) >= 11 is 7.48. The molecule has 32 heavy (non-hydrogen) atoms. The summed E-state index contributed by atoms with van der Waals surface area (Å²) in [6.45, 7) is 0.708. The summed E-state index contributed by atoms with van der Waals surface area (Å²) in [5, 5.41) is 2.44. The molecule has 1 aromatic carbocycles. The highest BCUT2D eigenvalue weighted by atomic mass is 35.5. The number of thiophene rings is 1. The fraction of sp³-hybridized carbons (Fsp3) is 0.455. The summed E-state index contributed by atoms with van der Waals surface area (Å²) < 4.78 is 32.5. The van der Waals surface area contributed by atoms with Crippen molar-refractivity contribution in [3.8, 4) is 0 Å². The molecule has 1 aromatic heterocycles. The molecular weight excluding hydrogens is 472 g/mol. The number of benzene rings is 1. The van der Waals surface area contributed by atoms with Gasteiger partial charge in [-0.05, 0) is 61.4 Å². The van der Waals surface area contributed by atoms with Gasteiger partial charge in [0.05, 0.1) is 16.9 Å². The Labute approximate surface area is 197 Å². The molecule has 10 heteroatoms. The Hall–Kier alpha value is -1.94. The van der Waals surface area contributed by atoms with E-state index in [0.29, 0.717) is 31.0 Å². The molecule has 2 unspecified atom stereocenters. The molecule has 0 spiro atoms. The minimum absolute atomic E-state index is 0.0379. The molecule has 7 nitrogen and oxygen atoms in total. The minimum Gasteiger partial charge on any atom is -0.455 e. The molecule has 2 aliphatic rings. The van der Waals surface area contributed by atoms with Gasteiger partial charge in [0.1, 0.15) is 0 Å². The lowest BCUT2D eigenvalue weighted by atomic mass is 10.00. The van der Waals surface area contributed by atoms with Gasteiger partial charge >= 0.3 is 5.97 Å². The Morgan fingerprint density at radius 1 is 1.09 bits per heavy atom. The Balaban J connectivity index is 1.34. The minimum atomic E-state index is -3.73. The number of likely N-dealkylation sites (tertiary alicyclic amines) is 1. The van der Waals surface area contributed by atoms with E-state index in [1.807, 2.05) is 17.5 Å². The molecular formula is C22H25ClN2O5S2. The van der Waals surface area contributed by atoms with Crippen molar-refractivity contribution < 1.29 is 22.7 Å². The van der Waals surface area contributed by atoms with Crippen molar-refractivity contribution in [3.05, 3.63) is 51.7 Å². The number of hydrogen-bond donors (Lipinski definition) is 0. The molecule has 2 aromatic rings. The van der Waals surface area contributed by atoms with Crippen LogP contribution >= 0.6 is 22.9 Å². The van der Waals surface area contributed by atoms with Crippen LogP contribution in [0.4, 0.5) is 0 Å². The second-order valence-corrected chi connectivity index (χ2v) is 11.4. The van der Waals surface area contributed by atoms with E-state index in [9.17, 15) is 18.0 Å². The highest BCUT2D eigenvalue weighted by molar-refractivity contribution is 7.89. The van der Waals surface area contributed by atoms with Gasteiger partial charge in [0.15, 0.2) is 6.61 Å². The number of hydrogen-bond acceptors (Lipinski definition) is 6. The summed E-state index contributed by atoms with van der Waals surface area (Å²) in [6.07, 6.45) is 2.90. The molecule has 2 fully saturated rings. The van der Waals surface area contributed by atoms with Gasteiger partial charge < -0.3 is 9.64 Å². The van der Waals surface area contributed by atoms with Gasteiger partial charge in [0.2, 0.25) is 10.0 Å². The van der Waals surface area contributed by atoms with Crippen LogP contribution in [0.25, 0.3) is 0 Å². The summed E-state index contributed by atoms with van der Waals surface area (Å²) in [5.74, 6) is -1.33. The fourth-order valence-corrected chi connectivity index (χ4v) is 6.81. The van der Waals surface area contributed by atoms with Crippen LogP contribution < -0.4 is 0 Å². The van der Waals surface area contributed by atoms with Gasteiger partial charge in [0, 0.05) is 29.5 Å². The molecule has 1 amide bonds. The number of carbonyl (C=O) groups excluding carboxylic acids is 2. The van der Waals surface area contributed by atoms with Crippen molar-refractivity contribution in [2.45, 2.75) is 36.6 Å². The first-order chi connectivity index (χ1) is 15.4. The second-order valence-electron chi connectivity index (χ2n) is 8.02. The van der Waals surface area contributed by atoms with Crippen LogP contribution in [0.1, 0.15) is 36.6 Å². The number of ether oxygens (including phenoxy) is 1. The molecule has 2 saturated heterocycles. The highest BCUT2D eigenvalue weighted by Gasteiger charge is 2.35. The van der Waals surface area contributed by atoms with E-state index in [1.54, 1.807) is 16.2 Å². The van der Waals surface area contributed by atoms with Gasteiger partial charge in [0.25, 0.3) is 5.91 Å². The number of halogens is 1. The molecule has 0 saturated carbocycles. The van der Waals surface area contributed by atoms with Crippen molar-refractivity contribution in [1.29, 1.82) is 0 Å². The Morgan fingerprint density at radius 2 is 1.84 bits per heavy atom. The monoisotopic (exact) mass is 496 g/mol. The first kappa shape index (κ1) is 23.2. The van der Waals surface area contributed by atoms with Crippen LogP contribution in [-0.2, 0) is 24.3 Å². The van der Waals surface area contributed by atoms with Crippen LogP contribution in [0.15, 0.2) is 46.7 Å². The second kappa shape index (κ2) is 9.91. The largest absolute Gasteiger partial charge is 0.455 e. The summed E-state index contributed by atoms with van der Waals surface area (Å²) in [6, 6.07) is 9.99. The molecule has 2 atom stereocenters. The van der Waals surface area contributed by atoms with Crippen LogP contribution in [0.5, 0.6) is 0 Å². The first-order valence-electron chi connectivity index (χ1n) is 10.6. The SMILES string of the molecule is O=C(OCC(=O)N1CCCC1c1cccs1)C1CCCN(S(=O)(=O)c2ccc(Cl)cc2)C1. The predicted molar refractivity (Wildman–Crippen MR) is 122 cm³/mol. The zero-order chi connectivity index (χ0) is 22.7. The number of nitrogens with zero attached hydrogens (tertiary/aromatic N) is 2. The Morgan fingerprint density at radius 3 is 2.56 bits per heavy atom. The average Bonchev–Trinajstić information content (AvgIpc) is 3.49. The van der Waals surface area contributed by atoms with Gasteiger partial charge in [-0.1, -0.05) is 17.7 Å². The van der Waals surface area contributed by atoms with Gasteiger partial charge in [-0.2, -0.15) is 4.31 Å². The predicted octanol–water partition coefficient (Wildman–Crippen LogP) is 3.71. The molecule has 2 aliphatic heterocycles. The molecule has 0 aliphatic carbocycles. The smallest absolute Gasteiger partial charge is 0.310 e. The maximum absolute atomic E-state index is 12.9. The van der Waals surface area contributed by atoms with E-state index >= 15 is 0 Å². The quantitative estimate of drug-likeness (QED) is 0.569. The highest BCUT2D eigenvalue weighted by Crippen LogP contribution is 2.34. The fourth-order valence-electron chi connectivity index (χ4n) is 4.28. The lowest BCUT2D eigenvalue weighted by Gasteiger charge is -2.31. The maximum Gasteiger partial charge on any atom is 0.310 e. The Bertz CT molecular complexity index is 1060. The molecule has 0 N–H and O–H groups in total. The van der Waals surface area contributed by atoms with E-state index < -0.39 is 21.9 Å². The lowest BCUT2D eigenvalue weighted by molar-refractivity contribution is -0.156. The van der Waals surface area contributed by atoms with Crippen LogP contribution in [0.3, 0.4) is 0 Å². The third-order valence-electron chi connectivity index (χ3n) is 5.95.